The second kappa shape index (κ2) is 5.26. The molecule has 0 bridgehead atoms. The molecule has 0 spiro atoms. The average Bonchev–Trinajstić information content (AvgIpc) is 2.46. The number of hydrogen-bond acceptors (Lipinski definition) is 5. The summed E-state index contributed by atoms with van der Waals surface area (Å²) in [6.45, 7) is 0. The van der Waals surface area contributed by atoms with Crippen LogP contribution in [-0.4, -0.2) is 34.1 Å². The zero-order chi connectivity index (χ0) is 13.8. The molecule has 6 heteroatoms. The van der Waals surface area contributed by atoms with Gasteiger partial charge in [-0.1, -0.05) is 0 Å². The van der Waals surface area contributed by atoms with E-state index in [1.54, 1.807) is 0 Å². The summed E-state index contributed by atoms with van der Waals surface area (Å²) in [5.74, 6) is -1.73. The summed E-state index contributed by atoms with van der Waals surface area (Å²) in [4.78, 5) is 30.6. The molecule has 2 aromatic rings. The number of carbonyl (C=O) groups excluding carboxylic acids is 1. The molecule has 1 aromatic heterocycles. The highest BCUT2D eigenvalue weighted by molar-refractivity contribution is 5.96. The predicted molar refractivity (Wildman–Crippen MR) is 65.8 cm³/mol. The van der Waals surface area contributed by atoms with E-state index in [0.29, 0.717) is 11.3 Å². The smallest absolute Gasteiger partial charge is 0.337 e. The molecule has 0 aliphatic rings. The fraction of sp³-hybridized carbons (Fsp3) is 0.0769. The van der Waals surface area contributed by atoms with Crippen molar-refractivity contribution in [2.24, 2.45) is 0 Å². The first-order valence-electron chi connectivity index (χ1n) is 5.35. The van der Waals surface area contributed by atoms with Gasteiger partial charge in [0, 0.05) is 18.0 Å². The number of nitrogens with zero attached hydrogens (tertiary/aromatic N) is 2. The van der Waals surface area contributed by atoms with Crippen LogP contribution in [0, 0.1) is 0 Å². The van der Waals surface area contributed by atoms with Crippen molar-refractivity contribution in [2.75, 3.05) is 7.11 Å². The average molecular weight is 258 g/mol. The van der Waals surface area contributed by atoms with Crippen molar-refractivity contribution in [3.63, 3.8) is 0 Å². The number of aromatic carboxylic acids is 1. The number of carboxylic acids is 1. The van der Waals surface area contributed by atoms with E-state index >= 15 is 0 Å². The second-order valence-corrected chi connectivity index (χ2v) is 3.69. The number of aromatic nitrogens is 2. The Morgan fingerprint density at radius 1 is 1.16 bits per heavy atom. The lowest BCUT2D eigenvalue weighted by Gasteiger charge is -2.05. The van der Waals surface area contributed by atoms with E-state index in [1.165, 1.54) is 43.9 Å². The number of ether oxygens (including phenoxy) is 1. The summed E-state index contributed by atoms with van der Waals surface area (Å²) in [6.07, 6.45) is 4.48. The zero-order valence-corrected chi connectivity index (χ0v) is 10.0. The SMILES string of the molecule is COC(=O)c1cc(C(=O)O)cc(-c2cnccn2)c1. The van der Waals surface area contributed by atoms with Crippen LogP contribution in [0.5, 0.6) is 0 Å². The maximum absolute atomic E-state index is 11.5. The number of carbonyl (C=O) groups is 2. The number of rotatable bonds is 3. The van der Waals surface area contributed by atoms with Crippen LogP contribution in [0.3, 0.4) is 0 Å². The summed E-state index contributed by atoms with van der Waals surface area (Å²) < 4.78 is 4.59. The molecular weight excluding hydrogens is 248 g/mol. The predicted octanol–water partition coefficient (Wildman–Crippen LogP) is 1.63. The van der Waals surface area contributed by atoms with Crippen molar-refractivity contribution < 1.29 is 19.4 Å². The minimum atomic E-state index is -1.13. The van der Waals surface area contributed by atoms with E-state index in [2.05, 4.69) is 14.7 Å². The monoisotopic (exact) mass is 258 g/mol. The standard InChI is InChI=1S/C13H10N2O4/c1-19-13(18)10-5-8(4-9(6-10)12(16)17)11-7-14-2-3-15-11/h2-7H,1H3,(H,16,17). The molecule has 1 aromatic carbocycles. The van der Waals surface area contributed by atoms with Crippen molar-refractivity contribution in [1.82, 2.24) is 9.97 Å². The summed E-state index contributed by atoms with van der Waals surface area (Å²) in [7, 11) is 1.23. The normalized spacial score (nSPS) is 9.95. The molecule has 19 heavy (non-hydrogen) atoms. The highest BCUT2D eigenvalue weighted by Gasteiger charge is 2.13. The Morgan fingerprint density at radius 2 is 1.89 bits per heavy atom. The van der Waals surface area contributed by atoms with Crippen LogP contribution in [0.2, 0.25) is 0 Å². The number of hydrogen-bond donors (Lipinski definition) is 1. The van der Waals surface area contributed by atoms with Gasteiger partial charge in [0.15, 0.2) is 0 Å². The van der Waals surface area contributed by atoms with Gasteiger partial charge < -0.3 is 9.84 Å². The molecule has 0 unspecified atom stereocenters. The van der Waals surface area contributed by atoms with Crippen LogP contribution in [0.15, 0.2) is 36.8 Å². The van der Waals surface area contributed by atoms with E-state index < -0.39 is 11.9 Å². The fourth-order valence-corrected chi connectivity index (χ4v) is 1.58. The van der Waals surface area contributed by atoms with Crippen molar-refractivity contribution in [3.8, 4) is 11.3 Å². The molecule has 0 amide bonds. The lowest BCUT2D eigenvalue weighted by atomic mass is 10.0. The van der Waals surface area contributed by atoms with E-state index in [0.717, 1.165) is 0 Å². The summed E-state index contributed by atoms with van der Waals surface area (Å²) in [5, 5.41) is 9.05. The molecule has 6 nitrogen and oxygen atoms in total. The zero-order valence-electron chi connectivity index (χ0n) is 10.0. The van der Waals surface area contributed by atoms with Gasteiger partial charge in [-0.2, -0.15) is 0 Å². The minimum absolute atomic E-state index is 0.0106. The van der Waals surface area contributed by atoms with Gasteiger partial charge in [-0.15, -0.1) is 0 Å². The fourth-order valence-electron chi connectivity index (χ4n) is 1.58. The van der Waals surface area contributed by atoms with Gasteiger partial charge in [0.25, 0.3) is 0 Å². The van der Waals surface area contributed by atoms with Crippen LogP contribution < -0.4 is 0 Å². The topological polar surface area (TPSA) is 89.4 Å². The summed E-state index contributed by atoms with van der Waals surface area (Å²) in [5.41, 5.74) is 1.12. The van der Waals surface area contributed by atoms with Crippen LogP contribution in [0.4, 0.5) is 0 Å². The third-order valence-corrected chi connectivity index (χ3v) is 2.46. The van der Waals surface area contributed by atoms with Gasteiger partial charge in [-0.25, -0.2) is 9.59 Å². The first-order chi connectivity index (χ1) is 9.11. The lowest BCUT2D eigenvalue weighted by molar-refractivity contribution is 0.0601. The van der Waals surface area contributed by atoms with E-state index in [-0.39, 0.29) is 11.1 Å². The third kappa shape index (κ3) is 2.74. The van der Waals surface area contributed by atoms with Crippen LogP contribution in [-0.2, 0) is 4.74 Å². The molecule has 0 atom stereocenters. The summed E-state index contributed by atoms with van der Waals surface area (Å²) in [6, 6.07) is 4.20. The molecule has 96 valence electrons. The molecule has 0 aliphatic heterocycles. The summed E-state index contributed by atoms with van der Waals surface area (Å²) >= 11 is 0. The Labute approximate surface area is 108 Å². The van der Waals surface area contributed by atoms with Gasteiger partial charge in [0.05, 0.1) is 30.1 Å². The first-order valence-corrected chi connectivity index (χ1v) is 5.35. The number of esters is 1. The van der Waals surface area contributed by atoms with Crippen LogP contribution in [0.1, 0.15) is 20.7 Å². The van der Waals surface area contributed by atoms with Crippen molar-refractivity contribution in [3.05, 3.63) is 47.9 Å². The highest BCUT2D eigenvalue weighted by atomic mass is 16.5. The Balaban J connectivity index is 2.58. The Hall–Kier alpha value is -2.76. The van der Waals surface area contributed by atoms with E-state index in [9.17, 15) is 9.59 Å². The molecule has 0 fully saturated rings. The molecule has 2 rings (SSSR count). The van der Waals surface area contributed by atoms with Crippen LogP contribution >= 0.6 is 0 Å². The van der Waals surface area contributed by atoms with Crippen molar-refractivity contribution in [1.29, 1.82) is 0 Å². The number of methoxy groups -OCH3 is 1. The minimum Gasteiger partial charge on any atom is -0.478 e. The highest BCUT2D eigenvalue weighted by Crippen LogP contribution is 2.20. The van der Waals surface area contributed by atoms with Gasteiger partial charge in [0.1, 0.15) is 0 Å². The third-order valence-electron chi connectivity index (χ3n) is 2.46. The maximum Gasteiger partial charge on any atom is 0.337 e. The molecule has 0 radical (unpaired) electrons. The van der Waals surface area contributed by atoms with Crippen LogP contribution in [0.25, 0.3) is 11.3 Å². The number of benzene rings is 1. The molecule has 1 N–H and O–H groups in total. The molecule has 1 heterocycles. The molecule has 0 saturated carbocycles. The van der Waals surface area contributed by atoms with Gasteiger partial charge >= 0.3 is 11.9 Å². The number of carboxylic acid groups (broad SMARTS) is 1. The van der Waals surface area contributed by atoms with E-state index in [1.807, 2.05) is 0 Å². The Kier molecular flexibility index (Phi) is 3.51. The first kappa shape index (κ1) is 12.7. The Morgan fingerprint density at radius 3 is 2.47 bits per heavy atom. The lowest BCUT2D eigenvalue weighted by Crippen LogP contribution is -2.05. The molecule has 0 saturated heterocycles. The molecular formula is C13H10N2O4. The van der Waals surface area contributed by atoms with Gasteiger partial charge in [0.2, 0.25) is 0 Å². The Bertz CT molecular complexity index is 626. The van der Waals surface area contributed by atoms with Crippen molar-refractivity contribution in [2.45, 2.75) is 0 Å². The maximum atomic E-state index is 11.5. The largest absolute Gasteiger partial charge is 0.478 e. The van der Waals surface area contributed by atoms with Crippen molar-refractivity contribution >= 4 is 11.9 Å². The van der Waals surface area contributed by atoms with E-state index in [4.69, 9.17) is 5.11 Å². The molecule has 0 aliphatic carbocycles. The second-order valence-electron chi connectivity index (χ2n) is 3.69. The quantitative estimate of drug-likeness (QED) is 0.841. The van der Waals surface area contributed by atoms with Gasteiger partial charge in [-0.05, 0) is 18.2 Å². The van der Waals surface area contributed by atoms with Gasteiger partial charge in [-0.3, -0.25) is 9.97 Å².